The Labute approximate surface area is 359 Å². The highest BCUT2D eigenvalue weighted by molar-refractivity contribution is 6.13. The summed E-state index contributed by atoms with van der Waals surface area (Å²) in [5, 5.41) is 7.12. The van der Waals surface area contributed by atoms with Crippen LogP contribution >= 0.6 is 0 Å². The van der Waals surface area contributed by atoms with E-state index in [4.69, 9.17) is 4.42 Å². The number of nitrogens with zero attached hydrogens (tertiary/aromatic N) is 2. The number of para-hydroxylation sites is 4. The van der Waals surface area contributed by atoms with Crippen molar-refractivity contribution in [1.29, 1.82) is 0 Å². The van der Waals surface area contributed by atoms with Crippen molar-refractivity contribution in [2.75, 3.05) is 4.90 Å². The van der Waals surface area contributed by atoms with Gasteiger partial charge in [-0.3, -0.25) is 0 Å². The maximum atomic E-state index is 6.86. The van der Waals surface area contributed by atoms with Crippen molar-refractivity contribution in [1.82, 2.24) is 4.57 Å². The Morgan fingerprint density at radius 3 is 1.81 bits per heavy atom. The number of anilines is 3. The average Bonchev–Trinajstić information content (AvgIpc) is 3.99. The van der Waals surface area contributed by atoms with Crippen LogP contribution in [0, 0.1) is 0 Å². The quantitative estimate of drug-likeness (QED) is 0.167. The van der Waals surface area contributed by atoms with Crippen LogP contribution in [0.1, 0.15) is 22.3 Å². The van der Waals surface area contributed by atoms with Crippen molar-refractivity contribution < 1.29 is 4.42 Å². The van der Waals surface area contributed by atoms with Crippen LogP contribution < -0.4 is 4.90 Å². The number of rotatable bonds is 6. The van der Waals surface area contributed by atoms with E-state index < -0.39 is 5.41 Å². The molecular formula is C59H38N2O. The molecule has 0 aliphatic heterocycles. The average molecular weight is 791 g/mol. The number of furan rings is 1. The van der Waals surface area contributed by atoms with E-state index in [0.29, 0.717) is 0 Å². The standard InChI is InChI=1S/C59H38N2O/c1-4-18-40(19-5-1)59(41-20-6-2-7-21-41)51-36-31-39-17-10-11-24-45(39)57(51)50-35-33-43(37-52(50)59)60(54-29-16-27-49-48-26-13-15-30-56(48)62-58(49)54)44-32-34-47-46-25-12-14-28-53(46)61(55(47)38-44)42-22-8-3-9-23-42/h1-38H. The number of hydrogen-bond donors (Lipinski definition) is 0. The zero-order valence-corrected chi connectivity index (χ0v) is 33.7. The fourth-order valence-electron chi connectivity index (χ4n) is 10.7. The van der Waals surface area contributed by atoms with Gasteiger partial charge in [0.05, 0.1) is 22.1 Å². The highest BCUT2D eigenvalue weighted by Gasteiger charge is 2.47. The number of aromatic nitrogens is 1. The molecule has 0 amide bonds. The zero-order valence-electron chi connectivity index (χ0n) is 33.7. The first-order valence-corrected chi connectivity index (χ1v) is 21.3. The van der Waals surface area contributed by atoms with E-state index in [-0.39, 0.29) is 0 Å². The number of benzene rings is 10. The molecule has 0 N–H and O–H groups in total. The molecule has 0 saturated heterocycles. The molecule has 13 rings (SSSR count). The molecular weight excluding hydrogens is 753 g/mol. The van der Waals surface area contributed by atoms with Gasteiger partial charge in [-0.25, -0.2) is 0 Å². The summed E-state index contributed by atoms with van der Waals surface area (Å²) in [5.41, 5.74) is 15.2. The van der Waals surface area contributed by atoms with Gasteiger partial charge in [-0.2, -0.15) is 0 Å². The van der Waals surface area contributed by atoms with Crippen molar-refractivity contribution in [3.05, 3.63) is 253 Å². The van der Waals surface area contributed by atoms with Crippen LogP contribution in [0.25, 0.3) is 71.3 Å². The molecule has 2 aromatic heterocycles. The third-order valence-corrected chi connectivity index (χ3v) is 13.2. The molecule has 0 atom stereocenters. The van der Waals surface area contributed by atoms with Gasteiger partial charge in [0.25, 0.3) is 0 Å². The van der Waals surface area contributed by atoms with E-state index in [1.165, 1.54) is 60.4 Å². The second-order valence-electron chi connectivity index (χ2n) is 16.4. The molecule has 0 fully saturated rings. The minimum absolute atomic E-state index is 0.589. The van der Waals surface area contributed by atoms with E-state index in [2.05, 4.69) is 234 Å². The lowest BCUT2D eigenvalue weighted by atomic mass is 9.67. The number of hydrogen-bond acceptors (Lipinski definition) is 2. The summed E-state index contributed by atoms with van der Waals surface area (Å²) < 4.78 is 9.26. The number of fused-ring (bicyclic) bond motifs is 11. The summed E-state index contributed by atoms with van der Waals surface area (Å²) in [6.07, 6.45) is 0. The monoisotopic (exact) mass is 790 g/mol. The van der Waals surface area contributed by atoms with E-state index >= 15 is 0 Å². The molecule has 0 spiro atoms. The summed E-state index contributed by atoms with van der Waals surface area (Å²) in [5.74, 6) is 0. The summed E-state index contributed by atoms with van der Waals surface area (Å²) in [7, 11) is 0. The molecule has 3 nitrogen and oxygen atoms in total. The lowest BCUT2D eigenvalue weighted by molar-refractivity contribution is 0.669. The largest absolute Gasteiger partial charge is 0.454 e. The lowest BCUT2D eigenvalue weighted by Gasteiger charge is -2.35. The topological polar surface area (TPSA) is 21.3 Å². The Bertz CT molecular complexity index is 3660. The van der Waals surface area contributed by atoms with Crippen LogP contribution in [0.2, 0.25) is 0 Å². The minimum atomic E-state index is -0.589. The van der Waals surface area contributed by atoms with Crippen LogP contribution in [0.3, 0.4) is 0 Å². The fourth-order valence-corrected chi connectivity index (χ4v) is 10.7. The Balaban J connectivity index is 1.14. The third kappa shape index (κ3) is 4.88. The fraction of sp³-hybridized carbons (Fsp3) is 0.0169. The lowest BCUT2D eigenvalue weighted by Crippen LogP contribution is -2.28. The van der Waals surface area contributed by atoms with Gasteiger partial charge >= 0.3 is 0 Å². The van der Waals surface area contributed by atoms with Crippen molar-refractivity contribution in [3.8, 4) is 16.8 Å². The molecule has 1 aliphatic rings. The molecule has 0 bridgehead atoms. The van der Waals surface area contributed by atoms with Gasteiger partial charge in [-0.15, -0.1) is 0 Å². The molecule has 1 aliphatic carbocycles. The van der Waals surface area contributed by atoms with Crippen LogP contribution in [0.15, 0.2) is 235 Å². The van der Waals surface area contributed by atoms with E-state index in [1.54, 1.807) is 0 Å². The van der Waals surface area contributed by atoms with Gasteiger partial charge in [0.2, 0.25) is 0 Å². The van der Waals surface area contributed by atoms with Gasteiger partial charge in [0.15, 0.2) is 5.58 Å². The molecule has 10 aromatic carbocycles. The van der Waals surface area contributed by atoms with E-state index in [1.807, 2.05) is 6.07 Å². The van der Waals surface area contributed by atoms with Crippen molar-refractivity contribution >= 4 is 71.6 Å². The first-order chi connectivity index (χ1) is 30.8. The summed E-state index contributed by atoms with van der Waals surface area (Å²) in [6.45, 7) is 0. The Hall–Kier alpha value is -8.14. The normalized spacial score (nSPS) is 13.0. The van der Waals surface area contributed by atoms with Crippen LogP contribution in [-0.4, -0.2) is 4.57 Å². The van der Waals surface area contributed by atoms with Gasteiger partial charge in [-0.1, -0.05) is 176 Å². The minimum Gasteiger partial charge on any atom is -0.454 e. The first-order valence-electron chi connectivity index (χ1n) is 21.3. The van der Waals surface area contributed by atoms with Crippen LogP contribution in [0.4, 0.5) is 17.1 Å². The van der Waals surface area contributed by atoms with Crippen molar-refractivity contribution in [2.45, 2.75) is 5.41 Å². The molecule has 62 heavy (non-hydrogen) atoms. The Morgan fingerprint density at radius 1 is 0.403 bits per heavy atom. The summed E-state index contributed by atoms with van der Waals surface area (Å²) in [6, 6.07) is 84.1. The molecule has 0 saturated carbocycles. The predicted molar refractivity (Wildman–Crippen MR) is 258 cm³/mol. The molecule has 0 unspecified atom stereocenters. The van der Waals surface area contributed by atoms with Crippen LogP contribution in [0.5, 0.6) is 0 Å². The first kappa shape index (κ1) is 34.7. The van der Waals surface area contributed by atoms with Gasteiger partial charge in [-0.05, 0) is 98.8 Å². The summed E-state index contributed by atoms with van der Waals surface area (Å²) in [4.78, 5) is 2.42. The van der Waals surface area contributed by atoms with Gasteiger partial charge < -0.3 is 13.9 Å². The molecule has 290 valence electrons. The maximum absolute atomic E-state index is 6.86. The van der Waals surface area contributed by atoms with Crippen molar-refractivity contribution in [2.24, 2.45) is 0 Å². The van der Waals surface area contributed by atoms with E-state index in [9.17, 15) is 0 Å². The highest BCUT2D eigenvalue weighted by atomic mass is 16.3. The van der Waals surface area contributed by atoms with Crippen molar-refractivity contribution in [3.63, 3.8) is 0 Å². The zero-order chi connectivity index (χ0) is 40.8. The molecule has 12 aromatic rings. The van der Waals surface area contributed by atoms with Gasteiger partial charge in [0, 0.05) is 38.6 Å². The Morgan fingerprint density at radius 2 is 1.02 bits per heavy atom. The van der Waals surface area contributed by atoms with E-state index in [0.717, 1.165) is 50.2 Å². The third-order valence-electron chi connectivity index (χ3n) is 13.2. The summed E-state index contributed by atoms with van der Waals surface area (Å²) >= 11 is 0. The second-order valence-corrected chi connectivity index (χ2v) is 16.4. The smallest absolute Gasteiger partial charge is 0.159 e. The SMILES string of the molecule is c1ccc(-n2c3ccccc3c3ccc(N(c4ccc5c(c4)C(c4ccccc4)(c4ccccc4)c4ccc6ccccc6c4-5)c4cccc5c4oc4ccccc45)cc32)cc1. The molecule has 0 radical (unpaired) electrons. The molecule has 3 heteroatoms. The Kier molecular flexibility index (Phi) is 7.52. The predicted octanol–water partition coefficient (Wildman–Crippen LogP) is 15.7. The second kappa shape index (κ2) is 13.4. The highest BCUT2D eigenvalue weighted by Crippen LogP contribution is 2.59. The maximum Gasteiger partial charge on any atom is 0.159 e. The van der Waals surface area contributed by atoms with Gasteiger partial charge in [0.1, 0.15) is 5.58 Å². The molecule has 2 heterocycles. The van der Waals surface area contributed by atoms with Crippen LogP contribution in [-0.2, 0) is 5.41 Å².